The lowest BCUT2D eigenvalue weighted by Crippen LogP contribution is -2.29. The Balaban J connectivity index is 2.74. The molecule has 3 nitrogen and oxygen atoms in total. The maximum absolute atomic E-state index is 8.83. The third-order valence-electron chi connectivity index (χ3n) is 1.52. The summed E-state index contributed by atoms with van der Waals surface area (Å²) in [7, 11) is 6.50. The third-order valence-corrected chi connectivity index (χ3v) is 1.63. The zero-order chi connectivity index (χ0) is 10.8. The number of ether oxygens (including phenoxy) is 1. The van der Waals surface area contributed by atoms with E-state index in [0.29, 0.717) is 11.2 Å². The molecule has 0 saturated heterocycles. The van der Waals surface area contributed by atoms with Crippen LogP contribution in [-0.4, -0.2) is 30.3 Å². The first-order valence-corrected chi connectivity index (χ1v) is 4.69. The lowest BCUT2D eigenvalue weighted by Gasteiger charge is -2.21. The summed E-state index contributed by atoms with van der Waals surface area (Å²) >= 11 is 0. The normalized spacial score (nSPS) is 14.6. The van der Waals surface area contributed by atoms with E-state index >= 15 is 0 Å². The van der Waals surface area contributed by atoms with Crippen molar-refractivity contribution in [3.8, 4) is 5.75 Å². The Kier molecular flexibility index (Phi) is 3.59. The van der Waals surface area contributed by atoms with Gasteiger partial charge in [-0.25, -0.2) is 0 Å². The minimum Gasteiger partial charge on any atom is -0.494 e. The predicted molar refractivity (Wildman–Crippen MR) is 60.8 cm³/mol. The summed E-state index contributed by atoms with van der Waals surface area (Å²) in [5.74, 6) is 0.578. The molecule has 6 heteroatoms. The van der Waals surface area contributed by atoms with E-state index in [4.69, 9.17) is 22.6 Å². The van der Waals surface area contributed by atoms with Crippen molar-refractivity contribution in [2.45, 2.75) is 12.2 Å². The molecule has 0 fully saturated rings. The van der Waals surface area contributed by atoms with Crippen LogP contribution in [0.3, 0.4) is 0 Å². The molecule has 0 aliphatic carbocycles. The van der Waals surface area contributed by atoms with E-state index in [1.807, 2.05) is 0 Å². The molecule has 0 bridgehead atoms. The first-order valence-electron chi connectivity index (χ1n) is 4.11. The van der Waals surface area contributed by atoms with Crippen LogP contribution in [0.4, 0.5) is 0 Å². The van der Waals surface area contributed by atoms with Gasteiger partial charge in [-0.15, -0.1) is 9.24 Å². The molecule has 72 valence electrons. The highest BCUT2D eigenvalue weighted by molar-refractivity contribution is 7.21. The van der Waals surface area contributed by atoms with Crippen LogP contribution < -0.4 is 10.2 Å². The van der Waals surface area contributed by atoms with Crippen LogP contribution in [0.2, 0.25) is 0 Å². The fraction of sp³-hybridized carbons (Fsp3) is 0.250. The zero-order valence-corrected chi connectivity index (χ0v) is 9.00. The van der Waals surface area contributed by atoms with Gasteiger partial charge in [0.25, 0.3) is 0 Å². The Morgan fingerprint density at radius 1 is 1.36 bits per heavy atom. The Hall–Kier alpha value is -0.500. The van der Waals surface area contributed by atoms with Crippen LogP contribution in [0.5, 0.6) is 5.75 Å². The molecular weight excluding hydrogens is 197 g/mol. The quantitative estimate of drug-likeness (QED) is 0.518. The lowest BCUT2D eigenvalue weighted by molar-refractivity contribution is 0.268. The van der Waals surface area contributed by atoms with Crippen molar-refractivity contribution in [2.75, 3.05) is 0 Å². The first kappa shape index (κ1) is 11.6. The molecule has 2 N–H and O–H groups in total. The second kappa shape index (κ2) is 4.35. The van der Waals surface area contributed by atoms with Crippen LogP contribution in [0.1, 0.15) is 6.92 Å². The molecule has 2 radical (unpaired) electrons. The summed E-state index contributed by atoms with van der Waals surface area (Å²) in [6, 6.07) is 6.39. The maximum Gasteiger partial charge on any atom is 0.488 e. The van der Waals surface area contributed by atoms with E-state index in [-0.39, 0.29) is 0 Å². The molecule has 2 unspecified atom stereocenters. The average molecular weight is 208 g/mol. The minimum atomic E-state index is -1.45. The van der Waals surface area contributed by atoms with Gasteiger partial charge in [0.2, 0.25) is 0 Å². The summed E-state index contributed by atoms with van der Waals surface area (Å²) in [4.78, 5) is 0. The van der Waals surface area contributed by atoms with Crippen LogP contribution in [0.25, 0.3) is 0 Å². The van der Waals surface area contributed by atoms with Crippen molar-refractivity contribution in [1.29, 1.82) is 0 Å². The number of hydrogen-bond acceptors (Lipinski definition) is 3. The molecular formula is C8H11B2O3P. The summed E-state index contributed by atoms with van der Waals surface area (Å²) in [5, 5.41) is 16.8. The lowest BCUT2D eigenvalue weighted by atomic mass is 9.80. The van der Waals surface area contributed by atoms with Crippen LogP contribution in [0, 0.1) is 0 Å². The molecule has 0 saturated carbocycles. The van der Waals surface area contributed by atoms with Gasteiger partial charge in [-0.05, 0) is 24.5 Å². The molecule has 14 heavy (non-hydrogen) atoms. The summed E-state index contributed by atoms with van der Waals surface area (Å²) in [6.45, 7) is 1.70. The number of benzene rings is 1. The van der Waals surface area contributed by atoms with Crippen molar-refractivity contribution in [1.82, 2.24) is 0 Å². The zero-order valence-electron chi connectivity index (χ0n) is 7.84. The van der Waals surface area contributed by atoms with Gasteiger partial charge in [0, 0.05) is 0 Å². The minimum absolute atomic E-state index is 0.417. The van der Waals surface area contributed by atoms with E-state index in [9.17, 15) is 0 Å². The topological polar surface area (TPSA) is 49.7 Å². The molecule has 0 aliphatic rings. The van der Waals surface area contributed by atoms with E-state index < -0.39 is 12.4 Å². The monoisotopic (exact) mass is 208 g/mol. The maximum atomic E-state index is 8.83. The summed E-state index contributed by atoms with van der Waals surface area (Å²) < 4.78 is 5.31. The Morgan fingerprint density at radius 2 is 1.86 bits per heavy atom. The molecule has 0 spiro atoms. The largest absolute Gasteiger partial charge is 0.494 e. The highest BCUT2D eigenvalue weighted by atomic mass is 31.0. The van der Waals surface area contributed by atoms with Crippen molar-refractivity contribution in [2.24, 2.45) is 0 Å². The van der Waals surface area contributed by atoms with Crippen LogP contribution >= 0.6 is 9.24 Å². The molecule has 1 aromatic carbocycles. The van der Waals surface area contributed by atoms with Gasteiger partial charge in [-0.2, -0.15) is 0 Å². The van der Waals surface area contributed by atoms with Gasteiger partial charge < -0.3 is 14.8 Å². The number of rotatable bonds is 3. The van der Waals surface area contributed by atoms with Gasteiger partial charge in [-0.1, -0.05) is 12.1 Å². The Bertz CT molecular complexity index is 294. The Morgan fingerprint density at radius 3 is 2.21 bits per heavy atom. The van der Waals surface area contributed by atoms with Gasteiger partial charge in [0.15, 0.2) is 0 Å². The van der Waals surface area contributed by atoms with E-state index in [0.717, 1.165) is 0 Å². The predicted octanol–water partition coefficient (Wildman–Crippen LogP) is -0.538. The van der Waals surface area contributed by atoms with Crippen molar-refractivity contribution < 1.29 is 14.8 Å². The standard InChI is InChI=1S/C8H11B2O3P/c1-8(9,14)13-7-4-2-6(3-5-7)10(11)12/h2-5,11-12H,14H2,1H3. The van der Waals surface area contributed by atoms with E-state index in [1.165, 1.54) is 0 Å². The van der Waals surface area contributed by atoms with Crippen molar-refractivity contribution in [3.05, 3.63) is 24.3 Å². The molecule has 1 aromatic rings. The highest BCUT2D eigenvalue weighted by Gasteiger charge is 2.13. The fourth-order valence-corrected chi connectivity index (χ4v) is 1.10. The first-order chi connectivity index (χ1) is 6.38. The molecule has 2 atom stereocenters. The summed E-state index contributed by atoms with van der Waals surface area (Å²) in [5.41, 5.74) is 0.417. The van der Waals surface area contributed by atoms with Crippen molar-refractivity contribution in [3.63, 3.8) is 0 Å². The molecule has 0 aliphatic heterocycles. The Labute approximate surface area is 87.2 Å². The van der Waals surface area contributed by atoms with Gasteiger partial charge in [0.05, 0.1) is 5.24 Å². The van der Waals surface area contributed by atoms with Gasteiger partial charge in [-0.3, -0.25) is 0 Å². The van der Waals surface area contributed by atoms with Gasteiger partial charge in [0.1, 0.15) is 13.6 Å². The average Bonchev–Trinajstić information content (AvgIpc) is 2.02. The second-order valence-corrected chi connectivity index (χ2v) is 4.37. The summed E-state index contributed by atoms with van der Waals surface area (Å²) in [6.07, 6.45) is 0. The van der Waals surface area contributed by atoms with E-state index in [2.05, 4.69) is 9.24 Å². The second-order valence-electron chi connectivity index (χ2n) is 3.23. The van der Waals surface area contributed by atoms with Crippen molar-refractivity contribution >= 4 is 29.7 Å². The highest BCUT2D eigenvalue weighted by Crippen LogP contribution is 2.19. The van der Waals surface area contributed by atoms with Crippen LogP contribution in [-0.2, 0) is 0 Å². The van der Waals surface area contributed by atoms with Crippen LogP contribution in [0.15, 0.2) is 24.3 Å². The molecule has 0 aromatic heterocycles. The number of hydrogen-bond donors (Lipinski definition) is 2. The molecule has 0 amide bonds. The smallest absolute Gasteiger partial charge is 0.488 e. The SMILES string of the molecule is [B]C(C)(P)Oc1ccc(B(O)O)cc1. The van der Waals surface area contributed by atoms with E-state index in [1.54, 1.807) is 31.2 Å². The molecule has 0 heterocycles. The van der Waals surface area contributed by atoms with Gasteiger partial charge >= 0.3 is 7.12 Å². The third kappa shape index (κ3) is 3.70. The molecule has 1 rings (SSSR count). The fourth-order valence-electron chi connectivity index (χ4n) is 0.962.